The number of carbonyl (C=O) groups excluding carboxylic acids is 4. The van der Waals surface area contributed by atoms with E-state index in [1.54, 1.807) is 74.5 Å². The van der Waals surface area contributed by atoms with E-state index in [4.69, 9.17) is 9.47 Å². The number of amides is 4. The molecule has 0 aliphatic heterocycles. The van der Waals surface area contributed by atoms with Crippen molar-refractivity contribution in [3.05, 3.63) is 89.5 Å². The van der Waals surface area contributed by atoms with Gasteiger partial charge >= 0.3 is 0 Å². The summed E-state index contributed by atoms with van der Waals surface area (Å²) in [6.45, 7) is 3.51. The van der Waals surface area contributed by atoms with E-state index < -0.39 is 23.8 Å². The van der Waals surface area contributed by atoms with Crippen LogP contribution in [-0.4, -0.2) is 43.9 Å². The molecule has 0 saturated carbocycles. The first-order valence-corrected chi connectivity index (χ1v) is 11.8. The molecule has 3 aromatic carbocycles. The van der Waals surface area contributed by atoms with Gasteiger partial charge in [0.25, 0.3) is 23.6 Å². The fourth-order valence-corrected chi connectivity index (χ4v) is 3.57. The fraction of sp³-hybridized carbons (Fsp3) is 0.214. The Morgan fingerprint density at radius 3 is 2.00 bits per heavy atom. The van der Waals surface area contributed by atoms with Gasteiger partial charge in [0.1, 0.15) is 6.04 Å². The molecule has 0 saturated heterocycles. The van der Waals surface area contributed by atoms with Gasteiger partial charge in [-0.05, 0) is 48.4 Å². The molecule has 10 nitrogen and oxygen atoms in total. The summed E-state index contributed by atoms with van der Waals surface area (Å²) in [7, 11) is 2.93. The molecular weight excluding hydrogens is 488 g/mol. The SMILES string of the molecule is COc1ccc(C(=O)NNC(=O)C(NC(=O)c2ccccc2NC(=O)c2ccccc2)C(C)C)cc1OC. The van der Waals surface area contributed by atoms with Crippen molar-refractivity contribution in [1.29, 1.82) is 0 Å². The average molecular weight is 519 g/mol. The molecule has 3 rings (SSSR count). The molecule has 0 heterocycles. The molecule has 0 aliphatic rings. The minimum absolute atomic E-state index is 0.185. The Morgan fingerprint density at radius 2 is 1.34 bits per heavy atom. The Bertz CT molecular complexity index is 1310. The number of para-hydroxylation sites is 1. The van der Waals surface area contributed by atoms with Gasteiger partial charge in [-0.15, -0.1) is 0 Å². The number of hydrogen-bond donors (Lipinski definition) is 4. The number of ether oxygens (including phenoxy) is 2. The van der Waals surface area contributed by atoms with Gasteiger partial charge < -0.3 is 20.1 Å². The second kappa shape index (κ2) is 12.9. The van der Waals surface area contributed by atoms with Gasteiger partial charge in [-0.1, -0.05) is 44.2 Å². The molecule has 4 amide bonds. The zero-order valence-electron chi connectivity index (χ0n) is 21.5. The third-order valence-electron chi connectivity index (χ3n) is 5.64. The summed E-state index contributed by atoms with van der Waals surface area (Å²) in [6, 6.07) is 18.7. The Balaban J connectivity index is 1.68. The molecule has 0 aliphatic carbocycles. The zero-order valence-corrected chi connectivity index (χ0v) is 21.5. The molecule has 38 heavy (non-hydrogen) atoms. The molecular formula is C28H30N4O6. The van der Waals surface area contributed by atoms with Crippen LogP contribution in [0.25, 0.3) is 0 Å². The van der Waals surface area contributed by atoms with E-state index in [9.17, 15) is 19.2 Å². The van der Waals surface area contributed by atoms with Crippen LogP contribution in [0.5, 0.6) is 11.5 Å². The summed E-state index contributed by atoms with van der Waals surface area (Å²) < 4.78 is 10.4. The minimum Gasteiger partial charge on any atom is -0.493 e. The predicted molar refractivity (Wildman–Crippen MR) is 142 cm³/mol. The number of hydrogen-bond acceptors (Lipinski definition) is 6. The Morgan fingerprint density at radius 1 is 0.684 bits per heavy atom. The van der Waals surface area contributed by atoms with Gasteiger partial charge in [0.05, 0.1) is 25.5 Å². The molecule has 10 heteroatoms. The van der Waals surface area contributed by atoms with E-state index in [-0.39, 0.29) is 23.0 Å². The summed E-state index contributed by atoms with van der Waals surface area (Å²) in [6.07, 6.45) is 0. The molecule has 3 aromatic rings. The third-order valence-corrected chi connectivity index (χ3v) is 5.64. The van der Waals surface area contributed by atoms with Crippen molar-refractivity contribution >= 4 is 29.3 Å². The maximum atomic E-state index is 13.1. The van der Waals surface area contributed by atoms with Crippen molar-refractivity contribution in [3.8, 4) is 11.5 Å². The minimum atomic E-state index is -0.980. The quantitative estimate of drug-likeness (QED) is 0.322. The van der Waals surface area contributed by atoms with Gasteiger partial charge in [0.15, 0.2) is 11.5 Å². The van der Waals surface area contributed by atoms with Gasteiger partial charge in [-0.25, -0.2) is 0 Å². The monoisotopic (exact) mass is 518 g/mol. The van der Waals surface area contributed by atoms with Crippen molar-refractivity contribution < 1.29 is 28.7 Å². The Kier molecular flexibility index (Phi) is 9.42. The van der Waals surface area contributed by atoms with Crippen LogP contribution in [0, 0.1) is 5.92 Å². The lowest BCUT2D eigenvalue weighted by Gasteiger charge is -2.22. The maximum absolute atomic E-state index is 13.1. The van der Waals surface area contributed by atoms with Crippen LogP contribution in [-0.2, 0) is 4.79 Å². The van der Waals surface area contributed by atoms with Crippen molar-refractivity contribution in [1.82, 2.24) is 16.2 Å². The molecule has 4 N–H and O–H groups in total. The third kappa shape index (κ3) is 6.88. The smallest absolute Gasteiger partial charge is 0.269 e. The van der Waals surface area contributed by atoms with Gasteiger partial charge in [0, 0.05) is 11.1 Å². The molecule has 1 atom stereocenters. The van der Waals surface area contributed by atoms with Crippen molar-refractivity contribution in [2.75, 3.05) is 19.5 Å². The van der Waals surface area contributed by atoms with E-state index in [0.717, 1.165) is 0 Å². The number of hydrazine groups is 1. The van der Waals surface area contributed by atoms with Crippen LogP contribution >= 0.6 is 0 Å². The average Bonchev–Trinajstić information content (AvgIpc) is 2.94. The van der Waals surface area contributed by atoms with Crippen LogP contribution in [0.1, 0.15) is 44.9 Å². The summed E-state index contributed by atoms with van der Waals surface area (Å²) in [5.74, 6) is -1.64. The topological polar surface area (TPSA) is 135 Å². The number of benzene rings is 3. The molecule has 0 fully saturated rings. The molecule has 0 bridgehead atoms. The molecule has 1 unspecified atom stereocenters. The molecule has 0 spiro atoms. The molecule has 0 radical (unpaired) electrons. The second-order valence-corrected chi connectivity index (χ2v) is 8.57. The van der Waals surface area contributed by atoms with Crippen LogP contribution in [0.2, 0.25) is 0 Å². The van der Waals surface area contributed by atoms with Crippen LogP contribution in [0.15, 0.2) is 72.8 Å². The predicted octanol–water partition coefficient (Wildman–Crippen LogP) is 3.17. The summed E-state index contributed by atoms with van der Waals surface area (Å²) in [5.41, 5.74) is 5.86. The van der Waals surface area contributed by atoms with E-state index >= 15 is 0 Å². The standard InChI is InChI=1S/C28H30N4O6/c1-17(2)24(28(36)32-31-26(34)19-14-15-22(37-3)23(16-19)38-4)30-27(35)20-12-8-9-13-21(20)29-25(33)18-10-6-5-7-11-18/h5-17,24H,1-4H3,(H,29,33)(H,30,35)(H,31,34)(H,32,36). The second-order valence-electron chi connectivity index (χ2n) is 8.57. The van der Waals surface area contributed by atoms with Crippen molar-refractivity contribution in [2.45, 2.75) is 19.9 Å². The van der Waals surface area contributed by atoms with Gasteiger partial charge in [-0.3, -0.25) is 30.0 Å². The highest BCUT2D eigenvalue weighted by molar-refractivity contribution is 6.09. The maximum Gasteiger partial charge on any atom is 0.269 e. The van der Waals surface area contributed by atoms with Gasteiger partial charge in [-0.2, -0.15) is 0 Å². The molecule has 0 aromatic heterocycles. The first-order chi connectivity index (χ1) is 18.2. The summed E-state index contributed by atoms with van der Waals surface area (Å²) in [4.78, 5) is 51.2. The van der Waals surface area contributed by atoms with Gasteiger partial charge in [0.2, 0.25) is 0 Å². The fourth-order valence-electron chi connectivity index (χ4n) is 3.57. The largest absolute Gasteiger partial charge is 0.493 e. The first-order valence-electron chi connectivity index (χ1n) is 11.8. The van der Waals surface area contributed by atoms with E-state index in [2.05, 4.69) is 21.5 Å². The normalized spacial score (nSPS) is 11.2. The zero-order chi connectivity index (χ0) is 27.7. The van der Waals surface area contributed by atoms with Crippen LogP contribution < -0.4 is 31.0 Å². The van der Waals surface area contributed by atoms with Crippen molar-refractivity contribution in [3.63, 3.8) is 0 Å². The number of carbonyl (C=O) groups is 4. The lowest BCUT2D eigenvalue weighted by atomic mass is 10.0. The Labute approximate surface area is 220 Å². The first kappa shape index (κ1) is 27.7. The van der Waals surface area contributed by atoms with Crippen LogP contribution in [0.3, 0.4) is 0 Å². The Hall–Kier alpha value is -4.86. The highest BCUT2D eigenvalue weighted by Gasteiger charge is 2.26. The lowest BCUT2D eigenvalue weighted by molar-refractivity contribution is -0.124. The van der Waals surface area contributed by atoms with E-state index in [0.29, 0.717) is 22.7 Å². The number of nitrogens with one attached hydrogen (secondary N) is 4. The van der Waals surface area contributed by atoms with Crippen molar-refractivity contribution in [2.24, 2.45) is 5.92 Å². The summed E-state index contributed by atoms with van der Waals surface area (Å²) in [5, 5.41) is 5.43. The lowest BCUT2D eigenvalue weighted by Crippen LogP contribution is -2.54. The number of rotatable bonds is 9. The molecule has 198 valence electrons. The highest BCUT2D eigenvalue weighted by atomic mass is 16.5. The highest BCUT2D eigenvalue weighted by Crippen LogP contribution is 2.27. The van der Waals surface area contributed by atoms with Crippen LogP contribution in [0.4, 0.5) is 5.69 Å². The number of anilines is 1. The summed E-state index contributed by atoms with van der Waals surface area (Å²) >= 11 is 0. The van der Waals surface area contributed by atoms with E-state index in [1.807, 2.05) is 0 Å². The van der Waals surface area contributed by atoms with E-state index in [1.165, 1.54) is 26.4 Å². The number of methoxy groups -OCH3 is 2.